The van der Waals surface area contributed by atoms with Crippen molar-refractivity contribution in [1.29, 1.82) is 0 Å². The number of fused-ring (bicyclic) bond motifs is 1. The number of unbranched alkanes of at least 4 members (excludes halogenated alkanes) is 1. The first-order valence-electron chi connectivity index (χ1n) is 12.9. The van der Waals surface area contributed by atoms with Crippen LogP contribution in [-0.2, 0) is 27.8 Å². The van der Waals surface area contributed by atoms with Crippen LogP contribution >= 0.6 is 0 Å². The van der Waals surface area contributed by atoms with Crippen LogP contribution in [0, 0.1) is 0 Å². The van der Waals surface area contributed by atoms with Crippen molar-refractivity contribution in [3.63, 3.8) is 0 Å². The molecular formula is C30H35N3O4S. The third-order valence-electron chi connectivity index (χ3n) is 6.66. The molecule has 3 aromatic carbocycles. The lowest BCUT2D eigenvalue weighted by Gasteiger charge is -2.27. The van der Waals surface area contributed by atoms with Crippen molar-refractivity contribution in [3.05, 3.63) is 96.2 Å². The van der Waals surface area contributed by atoms with Crippen LogP contribution in [-0.4, -0.2) is 55.3 Å². The number of rotatable bonds is 13. The molecule has 0 fully saturated rings. The molecule has 0 aliphatic rings. The highest BCUT2D eigenvalue weighted by Crippen LogP contribution is 2.22. The predicted molar refractivity (Wildman–Crippen MR) is 151 cm³/mol. The van der Waals surface area contributed by atoms with Crippen LogP contribution in [0.4, 0.5) is 0 Å². The summed E-state index contributed by atoms with van der Waals surface area (Å²) in [5.41, 5.74) is 3.18. The lowest BCUT2D eigenvalue weighted by atomic mass is 10.1. The van der Waals surface area contributed by atoms with Gasteiger partial charge < -0.3 is 14.6 Å². The van der Waals surface area contributed by atoms with Gasteiger partial charge in [-0.1, -0.05) is 61.9 Å². The second-order valence-electron chi connectivity index (χ2n) is 9.28. The van der Waals surface area contributed by atoms with E-state index in [0.29, 0.717) is 31.7 Å². The summed E-state index contributed by atoms with van der Waals surface area (Å²) in [6.07, 6.45) is 4.12. The van der Waals surface area contributed by atoms with Crippen molar-refractivity contribution in [2.75, 3.05) is 26.7 Å². The second kappa shape index (κ2) is 12.8. The van der Waals surface area contributed by atoms with Gasteiger partial charge in [0.2, 0.25) is 15.9 Å². The maximum absolute atomic E-state index is 13.7. The van der Waals surface area contributed by atoms with Crippen molar-refractivity contribution in [2.24, 2.45) is 0 Å². The van der Waals surface area contributed by atoms with Gasteiger partial charge >= 0.3 is 0 Å². The first-order chi connectivity index (χ1) is 18.4. The Morgan fingerprint density at radius 2 is 1.63 bits per heavy atom. The quantitative estimate of drug-likeness (QED) is 0.255. The van der Waals surface area contributed by atoms with Crippen molar-refractivity contribution >= 4 is 26.8 Å². The van der Waals surface area contributed by atoms with E-state index < -0.39 is 10.0 Å². The predicted octanol–water partition coefficient (Wildman–Crippen LogP) is 5.24. The average Bonchev–Trinajstić information content (AvgIpc) is 3.36. The summed E-state index contributed by atoms with van der Waals surface area (Å²) in [5.74, 6) is 0.355. The number of carbonyl (C=O) groups is 1. The van der Waals surface area contributed by atoms with E-state index in [4.69, 9.17) is 4.74 Å². The summed E-state index contributed by atoms with van der Waals surface area (Å²) in [4.78, 5) is 18.9. The number of sulfonamides is 1. The molecule has 0 aliphatic carbocycles. The minimum atomic E-state index is -3.86. The zero-order valence-corrected chi connectivity index (χ0v) is 22.8. The van der Waals surface area contributed by atoms with Gasteiger partial charge in [-0.25, -0.2) is 8.42 Å². The molecule has 4 rings (SSSR count). The molecule has 8 heteroatoms. The fourth-order valence-electron chi connectivity index (χ4n) is 4.46. The van der Waals surface area contributed by atoms with Crippen LogP contribution in [0.5, 0.6) is 5.75 Å². The molecule has 0 atom stereocenters. The molecule has 0 unspecified atom stereocenters. The number of nitrogens with zero attached hydrogens (tertiary/aromatic N) is 2. The highest BCUT2D eigenvalue weighted by molar-refractivity contribution is 7.89. The largest absolute Gasteiger partial charge is 0.497 e. The number of hydrogen-bond acceptors (Lipinski definition) is 4. The highest BCUT2D eigenvalue weighted by atomic mass is 32.2. The normalized spacial score (nSPS) is 11.7. The molecule has 4 aromatic rings. The fraction of sp³-hybridized carbons (Fsp3) is 0.300. The van der Waals surface area contributed by atoms with E-state index in [2.05, 4.69) is 11.1 Å². The number of ether oxygens (including phenoxy) is 1. The van der Waals surface area contributed by atoms with Crippen LogP contribution in [0.15, 0.2) is 90.0 Å². The van der Waals surface area contributed by atoms with Gasteiger partial charge in [-0.3, -0.25) is 4.79 Å². The van der Waals surface area contributed by atoms with Crippen LogP contribution < -0.4 is 4.74 Å². The summed E-state index contributed by atoms with van der Waals surface area (Å²) < 4.78 is 33.6. The minimum Gasteiger partial charge on any atom is -0.497 e. The van der Waals surface area contributed by atoms with Gasteiger partial charge in [-0.2, -0.15) is 4.31 Å². The topological polar surface area (TPSA) is 82.7 Å². The summed E-state index contributed by atoms with van der Waals surface area (Å²) >= 11 is 0. The third kappa shape index (κ3) is 6.62. The molecule has 0 bridgehead atoms. The van der Waals surface area contributed by atoms with Crippen LogP contribution in [0.3, 0.4) is 0 Å². The van der Waals surface area contributed by atoms with Crippen molar-refractivity contribution in [2.45, 2.75) is 37.6 Å². The van der Waals surface area contributed by atoms with Crippen molar-refractivity contribution < 1.29 is 17.9 Å². The van der Waals surface area contributed by atoms with Gasteiger partial charge in [0.25, 0.3) is 0 Å². The van der Waals surface area contributed by atoms with E-state index in [1.165, 1.54) is 23.5 Å². The molecule has 7 nitrogen and oxygen atoms in total. The molecule has 1 heterocycles. The van der Waals surface area contributed by atoms with E-state index in [1.54, 1.807) is 17.0 Å². The molecule has 1 amide bonds. The number of para-hydroxylation sites is 1. The van der Waals surface area contributed by atoms with Crippen molar-refractivity contribution in [1.82, 2.24) is 14.2 Å². The fourth-order valence-corrected chi connectivity index (χ4v) is 5.88. The summed E-state index contributed by atoms with van der Waals surface area (Å²) in [5, 5.41) is 1.13. The summed E-state index contributed by atoms with van der Waals surface area (Å²) in [6.45, 7) is 2.95. The Bertz CT molecular complexity index is 1430. The maximum Gasteiger partial charge on any atom is 0.243 e. The Hall–Kier alpha value is -3.62. The molecule has 0 spiro atoms. The SMILES string of the molecule is CCCCN(CC(=O)N(CCc1c[nH]c2ccccc12)Cc1ccccc1)S(=O)(=O)c1ccc(OC)cc1. The Balaban J connectivity index is 1.56. The molecule has 0 saturated heterocycles. The standard InChI is InChI=1S/C30H35N3O4S/c1-3-4-19-33(38(35,36)27-16-14-26(37-2)15-17-27)23-30(34)32(22-24-10-6-5-7-11-24)20-18-25-21-31-29-13-9-8-12-28(25)29/h5-17,21,31H,3-4,18-20,22-23H2,1-2H3. The number of hydrogen-bond donors (Lipinski definition) is 1. The smallest absolute Gasteiger partial charge is 0.243 e. The summed E-state index contributed by atoms with van der Waals surface area (Å²) in [6, 6.07) is 24.2. The number of amides is 1. The lowest BCUT2D eigenvalue weighted by molar-refractivity contribution is -0.132. The number of benzene rings is 3. The van der Waals surface area contributed by atoms with E-state index in [0.717, 1.165) is 28.5 Å². The van der Waals surface area contributed by atoms with Gasteiger partial charge in [0.1, 0.15) is 5.75 Å². The zero-order valence-electron chi connectivity index (χ0n) is 22.0. The van der Waals surface area contributed by atoms with Crippen LogP contribution in [0.2, 0.25) is 0 Å². The Morgan fingerprint density at radius 1 is 0.921 bits per heavy atom. The highest BCUT2D eigenvalue weighted by Gasteiger charge is 2.28. The van der Waals surface area contributed by atoms with Crippen LogP contribution in [0.1, 0.15) is 30.9 Å². The van der Waals surface area contributed by atoms with Gasteiger partial charge in [-0.05, 0) is 54.3 Å². The van der Waals surface area contributed by atoms with E-state index in [1.807, 2.05) is 61.7 Å². The first-order valence-corrected chi connectivity index (χ1v) is 14.4. The van der Waals surface area contributed by atoms with Crippen LogP contribution in [0.25, 0.3) is 10.9 Å². The zero-order chi connectivity index (χ0) is 27.0. The number of aromatic amines is 1. The number of nitrogens with one attached hydrogen (secondary N) is 1. The Morgan fingerprint density at radius 3 is 2.34 bits per heavy atom. The van der Waals surface area contributed by atoms with Gasteiger partial charge in [0.15, 0.2) is 0 Å². The van der Waals surface area contributed by atoms with E-state index >= 15 is 0 Å². The molecule has 1 N–H and O–H groups in total. The Labute approximate surface area is 225 Å². The third-order valence-corrected chi connectivity index (χ3v) is 8.52. The lowest BCUT2D eigenvalue weighted by Crippen LogP contribution is -2.43. The van der Waals surface area contributed by atoms with Gasteiger partial charge in [-0.15, -0.1) is 0 Å². The monoisotopic (exact) mass is 533 g/mol. The van der Waals surface area contributed by atoms with Crippen molar-refractivity contribution in [3.8, 4) is 5.75 Å². The van der Waals surface area contributed by atoms with Gasteiger partial charge in [0, 0.05) is 36.7 Å². The Kier molecular flexibility index (Phi) is 9.20. The second-order valence-corrected chi connectivity index (χ2v) is 11.2. The molecule has 0 radical (unpaired) electrons. The first kappa shape index (κ1) is 27.4. The molecular weight excluding hydrogens is 498 g/mol. The number of H-pyrrole nitrogens is 1. The number of carbonyl (C=O) groups excluding carboxylic acids is 1. The minimum absolute atomic E-state index is 0.149. The average molecular weight is 534 g/mol. The van der Waals surface area contributed by atoms with E-state index in [9.17, 15) is 13.2 Å². The molecule has 1 aromatic heterocycles. The molecule has 0 saturated carbocycles. The maximum atomic E-state index is 13.7. The number of methoxy groups -OCH3 is 1. The molecule has 200 valence electrons. The van der Waals surface area contributed by atoms with E-state index in [-0.39, 0.29) is 23.9 Å². The summed E-state index contributed by atoms with van der Waals surface area (Å²) in [7, 11) is -2.33. The number of aromatic nitrogens is 1. The molecule has 0 aliphatic heterocycles. The molecule has 38 heavy (non-hydrogen) atoms. The van der Waals surface area contributed by atoms with Gasteiger partial charge in [0.05, 0.1) is 18.6 Å².